The van der Waals surface area contributed by atoms with Gasteiger partial charge in [0.15, 0.2) is 0 Å². The molecule has 0 aliphatic heterocycles. The lowest BCUT2D eigenvalue weighted by Gasteiger charge is -2.02. The van der Waals surface area contributed by atoms with E-state index >= 15 is 0 Å². The van der Waals surface area contributed by atoms with Gasteiger partial charge in [0.2, 0.25) is 0 Å². The minimum Gasteiger partial charge on any atom is -0.494 e. The van der Waals surface area contributed by atoms with Crippen molar-refractivity contribution in [1.29, 1.82) is 0 Å². The monoisotopic (exact) mass is 187 g/mol. The molecule has 0 saturated heterocycles. The third-order valence-electron chi connectivity index (χ3n) is 1.70. The van der Waals surface area contributed by atoms with Crippen LogP contribution in [0.4, 0.5) is 0 Å². The number of ether oxygens (including phenoxy) is 1. The van der Waals surface area contributed by atoms with Crippen molar-refractivity contribution in [3.8, 4) is 17.6 Å². The van der Waals surface area contributed by atoms with E-state index in [9.17, 15) is 0 Å². The highest BCUT2D eigenvalue weighted by molar-refractivity contribution is 5.19. The van der Waals surface area contributed by atoms with Crippen molar-refractivity contribution in [1.82, 2.24) is 0 Å². The minimum atomic E-state index is 0.732. The second-order valence-corrected chi connectivity index (χ2v) is 2.90. The van der Waals surface area contributed by atoms with Crippen molar-refractivity contribution in [2.45, 2.75) is 26.2 Å². The summed E-state index contributed by atoms with van der Waals surface area (Å²) in [6, 6.07) is 10.5. The molecule has 0 aromatic heterocycles. The molecule has 0 spiro atoms. The number of unbranched alkanes of at least 4 members (excludes halogenated alkanes) is 1. The Morgan fingerprint density at radius 2 is 2.36 bits per heavy atom. The maximum Gasteiger partial charge on any atom is 0.119 e. The molecule has 1 aromatic rings. The van der Waals surface area contributed by atoms with E-state index in [1.165, 1.54) is 0 Å². The van der Waals surface area contributed by atoms with Gasteiger partial charge in [0.25, 0.3) is 0 Å². The molecule has 0 bridgehead atoms. The Kier molecular flexibility index (Phi) is 5.35. The van der Waals surface area contributed by atoms with Crippen molar-refractivity contribution in [3.05, 3.63) is 30.3 Å². The summed E-state index contributed by atoms with van der Waals surface area (Å²) in [7, 11) is 0. The average molecular weight is 187 g/mol. The lowest BCUT2D eigenvalue weighted by Crippen LogP contribution is -1.95. The molecule has 0 N–H and O–H groups in total. The predicted octanol–water partition coefficient (Wildman–Crippen LogP) is 3.06. The van der Waals surface area contributed by atoms with Crippen molar-refractivity contribution in [2.24, 2.45) is 0 Å². The van der Waals surface area contributed by atoms with E-state index in [-0.39, 0.29) is 0 Å². The Hall–Kier alpha value is -1.42. The third-order valence-corrected chi connectivity index (χ3v) is 1.70. The van der Waals surface area contributed by atoms with Crippen LogP contribution in [0.15, 0.2) is 24.3 Å². The molecule has 1 nitrogen and oxygen atoms in total. The van der Waals surface area contributed by atoms with Gasteiger partial charge in [-0.3, -0.25) is 0 Å². The fraction of sp³-hybridized carbons (Fsp3) is 0.385. The Labute approximate surface area is 86.1 Å². The molecule has 1 radical (unpaired) electrons. The number of benzene rings is 1. The van der Waals surface area contributed by atoms with Gasteiger partial charge < -0.3 is 4.74 Å². The van der Waals surface area contributed by atoms with Crippen molar-refractivity contribution < 1.29 is 4.74 Å². The van der Waals surface area contributed by atoms with E-state index in [0.717, 1.165) is 31.6 Å². The van der Waals surface area contributed by atoms with Gasteiger partial charge >= 0.3 is 0 Å². The van der Waals surface area contributed by atoms with Gasteiger partial charge in [-0.2, -0.15) is 0 Å². The summed E-state index contributed by atoms with van der Waals surface area (Å²) in [4.78, 5) is 0. The Morgan fingerprint density at radius 3 is 3.07 bits per heavy atom. The highest BCUT2D eigenvalue weighted by Gasteiger charge is 1.89. The lowest BCUT2D eigenvalue weighted by molar-refractivity contribution is 0.313. The normalized spacial score (nSPS) is 8.93. The molecular formula is C13H15O. The molecule has 73 valence electrons. The van der Waals surface area contributed by atoms with Crippen molar-refractivity contribution >= 4 is 0 Å². The first kappa shape index (κ1) is 10.7. The van der Waals surface area contributed by atoms with Gasteiger partial charge in [-0.25, -0.2) is 0 Å². The molecule has 0 atom stereocenters. The van der Waals surface area contributed by atoms with E-state index in [1.54, 1.807) is 0 Å². The summed E-state index contributed by atoms with van der Waals surface area (Å²) in [6.45, 7) is 2.79. The molecule has 0 fully saturated rings. The summed E-state index contributed by atoms with van der Waals surface area (Å²) in [5.74, 6) is 7.00. The largest absolute Gasteiger partial charge is 0.494 e. The molecule has 0 heterocycles. The zero-order chi connectivity index (χ0) is 10.1. The predicted molar refractivity (Wildman–Crippen MR) is 58.1 cm³/mol. The highest BCUT2D eigenvalue weighted by atomic mass is 16.5. The van der Waals surface area contributed by atoms with E-state index in [0.29, 0.717) is 0 Å². The van der Waals surface area contributed by atoms with E-state index in [1.807, 2.05) is 24.3 Å². The second kappa shape index (κ2) is 7.03. The average Bonchev–Trinajstić information content (AvgIpc) is 2.25. The Morgan fingerprint density at radius 1 is 1.43 bits per heavy atom. The fourth-order valence-electron chi connectivity index (χ4n) is 1.03. The number of hydrogen-bond donors (Lipinski definition) is 0. The Balaban J connectivity index is 2.10. The topological polar surface area (TPSA) is 9.23 Å². The van der Waals surface area contributed by atoms with E-state index in [2.05, 4.69) is 24.8 Å². The fourth-order valence-corrected chi connectivity index (χ4v) is 1.03. The van der Waals surface area contributed by atoms with E-state index in [4.69, 9.17) is 4.74 Å². The molecule has 0 saturated carbocycles. The molecule has 1 rings (SSSR count). The van der Waals surface area contributed by atoms with Crippen molar-refractivity contribution in [2.75, 3.05) is 6.61 Å². The van der Waals surface area contributed by atoms with Gasteiger partial charge in [-0.1, -0.05) is 19.1 Å². The number of hydrogen-bond acceptors (Lipinski definition) is 1. The minimum absolute atomic E-state index is 0.732. The van der Waals surface area contributed by atoms with Crippen LogP contribution in [-0.2, 0) is 0 Å². The summed E-state index contributed by atoms with van der Waals surface area (Å²) >= 11 is 0. The summed E-state index contributed by atoms with van der Waals surface area (Å²) in [5.41, 5.74) is 0. The lowest BCUT2D eigenvalue weighted by atomic mass is 10.3. The van der Waals surface area contributed by atoms with Gasteiger partial charge in [0.05, 0.1) is 6.61 Å². The first-order valence-electron chi connectivity index (χ1n) is 4.98. The number of rotatable bonds is 4. The van der Waals surface area contributed by atoms with Crippen LogP contribution in [0.2, 0.25) is 0 Å². The Bertz CT molecular complexity index is 292. The first-order chi connectivity index (χ1) is 6.93. The summed E-state index contributed by atoms with van der Waals surface area (Å²) in [6.07, 6.45) is 2.85. The highest BCUT2D eigenvalue weighted by Crippen LogP contribution is 2.08. The first-order valence-corrected chi connectivity index (χ1v) is 4.98. The molecule has 1 heteroatoms. The zero-order valence-electron chi connectivity index (χ0n) is 8.55. The van der Waals surface area contributed by atoms with Crippen LogP contribution >= 0.6 is 0 Å². The second-order valence-electron chi connectivity index (χ2n) is 2.90. The standard InChI is InChI=1S/C13H15O/c1-2-3-4-5-9-12-14-13-10-7-6-8-11-13/h6-7,10-11H,2,5,9,12H2,1H3. The third kappa shape index (κ3) is 4.57. The van der Waals surface area contributed by atoms with Crippen LogP contribution < -0.4 is 4.74 Å². The van der Waals surface area contributed by atoms with Crippen LogP contribution in [0, 0.1) is 17.9 Å². The molecule has 14 heavy (non-hydrogen) atoms. The van der Waals surface area contributed by atoms with E-state index < -0.39 is 0 Å². The van der Waals surface area contributed by atoms with Gasteiger partial charge in [0, 0.05) is 12.8 Å². The summed E-state index contributed by atoms with van der Waals surface area (Å²) in [5, 5.41) is 0. The smallest absolute Gasteiger partial charge is 0.119 e. The van der Waals surface area contributed by atoms with Crippen LogP contribution in [0.1, 0.15) is 26.2 Å². The molecular weight excluding hydrogens is 172 g/mol. The van der Waals surface area contributed by atoms with Crippen LogP contribution in [-0.4, -0.2) is 6.61 Å². The maximum atomic E-state index is 5.49. The quantitative estimate of drug-likeness (QED) is 0.520. The summed E-state index contributed by atoms with van der Waals surface area (Å²) < 4.78 is 5.49. The van der Waals surface area contributed by atoms with Crippen LogP contribution in [0.5, 0.6) is 5.75 Å². The van der Waals surface area contributed by atoms with Crippen LogP contribution in [0.3, 0.4) is 0 Å². The molecule has 0 aliphatic carbocycles. The van der Waals surface area contributed by atoms with Gasteiger partial charge in [-0.05, 0) is 24.6 Å². The van der Waals surface area contributed by atoms with Gasteiger partial charge in [-0.15, -0.1) is 11.8 Å². The van der Waals surface area contributed by atoms with Gasteiger partial charge in [0.1, 0.15) is 5.75 Å². The van der Waals surface area contributed by atoms with Crippen LogP contribution in [0.25, 0.3) is 0 Å². The SMILES string of the molecule is CCC#CCCCOc1c[c]ccc1. The molecule has 0 amide bonds. The molecule has 1 aromatic carbocycles. The van der Waals surface area contributed by atoms with Crippen molar-refractivity contribution in [3.63, 3.8) is 0 Å². The molecule has 0 unspecified atom stereocenters. The maximum absolute atomic E-state index is 5.49. The zero-order valence-corrected chi connectivity index (χ0v) is 8.55. The molecule has 0 aliphatic rings.